The van der Waals surface area contributed by atoms with Gasteiger partial charge >= 0.3 is 0 Å². The van der Waals surface area contributed by atoms with Crippen molar-refractivity contribution in [3.63, 3.8) is 0 Å². The molecule has 5 nitrogen and oxygen atoms in total. The van der Waals surface area contributed by atoms with Crippen LogP contribution in [0, 0.1) is 10.1 Å². The summed E-state index contributed by atoms with van der Waals surface area (Å²) in [5.74, 6) is 0.171. The fourth-order valence-electron chi connectivity index (χ4n) is 1.30. The van der Waals surface area contributed by atoms with E-state index in [1.807, 2.05) is 0 Å². The van der Waals surface area contributed by atoms with E-state index in [0.29, 0.717) is 9.77 Å². The predicted molar refractivity (Wildman–Crippen MR) is 76.7 cm³/mol. The number of benzene rings is 1. The van der Waals surface area contributed by atoms with Crippen molar-refractivity contribution in [3.8, 4) is 0 Å². The second kappa shape index (κ2) is 5.91. The Morgan fingerprint density at radius 1 is 1.26 bits per heavy atom. The Morgan fingerprint density at radius 2 is 1.89 bits per heavy atom. The Hall–Kier alpha value is -1.09. The van der Waals surface area contributed by atoms with E-state index in [9.17, 15) is 19.1 Å². The number of nitro groups is 1. The largest absolute Gasteiger partial charge is 0.275 e. The molecule has 0 spiro atoms. The molecule has 0 aliphatic heterocycles. The molecule has 0 radical (unpaired) electrons. The molecule has 19 heavy (non-hydrogen) atoms. The van der Waals surface area contributed by atoms with Crippen LogP contribution in [-0.4, -0.2) is 9.13 Å². The monoisotopic (exact) mass is 335 g/mol. The van der Waals surface area contributed by atoms with Crippen LogP contribution >= 0.6 is 32.3 Å². The summed E-state index contributed by atoms with van der Waals surface area (Å²) < 4.78 is 12.1. The lowest BCUT2D eigenvalue weighted by atomic mass is 10.2. The molecule has 1 aromatic carbocycles. The van der Waals surface area contributed by atoms with E-state index < -0.39 is 15.7 Å². The number of nitrogens with zero attached hydrogens (tertiary/aromatic N) is 1. The zero-order valence-corrected chi connectivity index (χ0v) is 12.4. The molecule has 0 saturated carbocycles. The van der Waals surface area contributed by atoms with Gasteiger partial charge in [-0.15, -0.1) is 0 Å². The Morgan fingerprint density at radius 3 is 2.37 bits per heavy atom. The van der Waals surface area contributed by atoms with E-state index in [1.165, 1.54) is 12.1 Å². The molecule has 1 heterocycles. The maximum atomic E-state index is 12.0. The number of hydrogen-bond donors (Lipinski definition) is 0. The molecule has 1 aromatic heterocycles. The van der Waals surface area contributed by atoms with Crippen molar-refractivity contribution in [1.29, 1.82) is 0 Å². The second-order valence-electron chi connectivity index (χ2n) is 3.47. The van der Waals surface area contributed by atoms with Gasteiger partial charge in [-0.2, -0.15) is 0 Å². The summed E-state index contributed by atoms with van der Waals surface area (Å²) >= 11 is 5.76. The van der Waals surface area contributed by atoms with Crippen LogP contribution in [0.25, 0.3) is 0 Å². The van der Waals surface area contributed by atoms with Crippen molar-refractivity contribution in [2.45, 2.75) is 9.96 Å². The lowest BCUT2D eigenvalue weighted by Crippen LogP contribution is -1.98. The average Bonchev–Trinajstić information content (AvgIpc) is 2.70. The van der Waals surface area contributed by atoms with Crippen molar-refractivity contribution in [2.75, 3.05) is 0 Å². The van der Waals surface area contributed by atoms with Gasteiger partial charge in [-0.1, -0.05) is 34.1 Å². The van der Waals surface area contributed by atoms with Crippen molar-refractivity contribution >= 4 is 48.8 Å². The molecule has 0 aliphatic carbocycles. The Kier molecular flexibility index (Phi) is 4.46. The van der Waals surface area contributed by atoms with Gasteiger partial charge in [0.2, 0.25) is 0 Å². The Labute approximate surface area is 122 Å². The number of nitro benzene ring substituents is 1. The topological polar surface area (TPSA) is 77.3 Å². The van der Waals surface area contributed by atoms with Crippen molar-refractivity contribution in [1.82, 2.24) is 0 Å². The highest BCUT2D eigenvalue weighted by Gasteiger charge is 2.16. The first-order chi connectivity index (χ1) is 8.99. The van der Waals surface area contributed by atoms with E-state index in [-0.39, 0.29) is 21.2 Å². The van der Waals surface area contributed by atoms with E-state index in [4.69, 9.17) is 11.6 Å². The normalized spacial score (nSPS) is 12.3. The van der Waals surface area contributed by atoms with Crippen molar-refractivity contribution in [3.05, 3.63) is 54.5 Å². The van der Waals surface area contributed by atoms with Crippen LogP contribution < -0.4 is 4.74 Å². The number of rotatable bonds is 4. The molecule has 0 N–H and O–H groups in total. The highest BCUT2D eigenvalue weighted by molar-refractivity contribution is 7.90. The molecule has 1 atom stereocenters. The van der Waals surface area contributed by atoms with Crippen LogP contribution in [0.15, 0.2) is 33.3 Å². The van der Waals surface area contributed by atoms with Gasteiger partial charge in [-0.05, 0) is 15.9 Å². The van der Waals surface area contributed by atoms with Crippen molar-refractivity contribution in [2.24, 2.45) is 0 Å². The van der Waals surface area contributed by atoms with Gasteiger partial charge in [-0.3, -0.25) is 19.1 Å². The van der Waals surface area contributed by atoms with Gasteiger partial charge in [0.25, 0.3) is 10.4 Å². The SMILES string of the molecule is O=c1ssc(S(=O)Cc2ccc([N+](=O)[O-])cc2)c1Cl. The highest BCUT2D eigenvalue weighted by atomic mass is 35.5. The minimum Gasteiger partial charge on any atom is -0.275 e. The molecule has 0 amide bonds. The minimum atomic E-state index is -1.42. The van der Waals surface area contributed by atoms with Crippen molar-refractivity contribution < 1.29 is 9.13 Å². The van der Waals surface area contributed by atoms with Gasteiger partial charge in [0, 0.05) is 12.1 Å². The van der Waals surface area contributed by atoms with Gasteiger partial charge < -0.3 is 0 Å². The number of non-ortho nitro benzene ring substituents is 1. The fourth-order valence-corrected chi connectivity index (χ4v) is 6.03. The Bertz CT molecular complexity index is 692. The molecule has 0 aliphatic rings. The zero-order chi connectivity index (χ0) is 14.0. The average molecular weight is 336 g/mol. The smallest absolute Gasteiger partial charge is 0.269 e. The summed E-state index contributed by atoms with van der Waals surface area (Å²) in [4.78, 5) is 21.2. The number of hydrogen-bond acceptors (Lipinski definition) is 6. The summed E-state index contributed by atoms with van der Waals surface area (Å²) in [6.07, 6.45) is 0. The first-order valence-electron chi connectivity index (χ1n) is 4.89. The third-order valence-corrected chi connectivity index (χ3v) is 7.24. The maximum absolute atomic E-state index is 12.0. The first kappa shape index (κ1) is 14.3. The first-order valence-corrected chi connectivity index (χ1v) is 8.74. The molecule has 0 saturated heterocycles. The van der Waals surface area contributed by atoms with Gasteiger partial charge in [0.15, 0.2) is 0 Å². The van der Waals surface area contributed by atoms with Crippen LogP contribution in [0.4, 0.5) is 5.69 Å². The minimum absolute atomic E-state index is 0.00949. The highest BCUT2D eigenvalue weighted by Crippen LogP contribution is 2.27. The van der Waals surface area contributed by atoms with E-state index in [1.54, 1.807) is 12.1 Å². The summed E-state index contributed by atoms with van der Waals surface area (Å²) in [5.41, 5.74) is 0.665. The number of halogens is 1. The molecule has 9 heteroatoms. The quantitative estimate of drug-likeness (QED) is 0.489. The Balaban J connectivity index is 2.17. The lowest BCUT2D eigenvalue weighted by molar-refractivity contribution is -0.384. The molecule has 100 valence electrons. The van der Waals surface area contributed by atoms with Crippen LogP contribution in [0.1, 0.15) is 5.56 Å². The third kappa shape index (κ3) is 3.27. The van der Waals surface area contributed by atoms with Crippen LogP contribution in [-0.2, 0) is 16.6 Å². The summed E-state index contributed by atoms with van der Waals surface area (Å²) in [5, 5.41) is 10.5. The summed E-state index contributed by atoms with van der Waals surface area (Å²) in [6.45, 7) is 0. The molecule has 0 fully saturated rings. The van der Waals surface area contributed by atoms with E-state index in [2.05, 4.69) is 0 Å². The van der Waals surface area contributed by atoms with Gasteiger partial charge in [0.1, 0.15) is 9.23 Å². The van der Waals surface area contributed by atoms with Crippen LogP contribution in [0.5, 0.6) is 0 Å². The standard InChI is InChI=1S/C10H6ClNO4S3/c11-8-9(13)17-18-10(8)19(16)5-6-1-3-7(4-2-6)12(14)15/h1-4H,5H2. The molecular weight excluding hydrogens is 330 g/mol. The van der Waals surface area contributed by atoms with E-state index in [0.717, 1.165) is 20.7 Å². The summed E-state index contributed by atoms with van der Waals surface area (Å²) in [6, 6.07) is 5.78. The van der Waals surface area contributed by atoms with Gasteiger partial charge in [0.05, 0.1) is 21.5 Å². The fraction of sp³-hybridized carbons (Fsp3) is 0.100. The molecule has 2 rings (SSSR count). The molecule has 1 unspecified atom stereocenters. The third-order valence-electron chi connectivity index (χ3n) is 2.20. The molecule has 2 aromatic rings. The lowest BCUT2D eigenvalue weighted by Gasteiger charge is -2.00. The molecule has 0 bridgehead atoms. The van der Waals surface area contributed by atoms with Crippen LogP contribution in [0.3, 0.4) is 0 Å². The van der Waals surface area contributed by atoms with E-state index >= 15 is 0 Å². The van der Waals surface area contributed by atoms with Crippen LogP contribution in [0.2, 0.25) is 5.02 Å². The zero-order valence-electron chi connectivity index (χ0n) is 9.20. The summed E-state index contributed by atoms with van der Waals surface area (Å²) in [7, 11) is 0.633. The molecular formula is C10H6ClNO4S3. The predicted octanol–water partition coefficient (Wildman–Crippen LogP) is 3.04. The maximum Gasteiger partial charge on any atom is 0.269 e. The second-order valence-corrected chi connectivity index (χ2v) is 7.61. The van der Waals surface area contributed by atoms with Gasteiger partial charge in [-0.25, -0.2) is 0 Å².